The first kappa shape index (κ1) is 12.8. The van der Waals surface area contributed by atoms with E-state index in [0.717, 1.165) is 0 Å². The molecule has 0 aliphatic rings. The highest BCUT2D eigenvalue weighted by molar-refractivity contribution is 7.90. The molecule has 0 heterocycles. The van der Waals surface area contributed by atoms with Crippen LogP contribution >= 0.6 is 11.6 Å². The van der Waals surface area contributed by atoms with Gasteiger partial charge in [0.2, 0.25) is 0 Å². The van der Waals surface area contributed by atoms with Crippen LogP contribution in [0.2, 0.25) is 0 Å². The maximum Gasteiger partial charge on any atom is 0.283 e. The van der Waals surface area contributed by atoms with Gasteiger partial charge in [0.25, 0.3) is 10.0 Å². The Morgan fingerprint density at radius 1 is 0.889 bits per heavy atom. The Morgan fingerprint density at radius 2 is 1.39 bits per heavy atom. The zero-order valence-electron chi connectivity index (χ0n) is 9.32. The summed E-state index contributed by atoms with van der Waals surface area (Å²) in [6.45, 7) is 0. The minimum Gasteiger partial charge on any atom is -0.199 e. The second-order valence-electron chi connectivity index (χ2n) is 3.54. The number of nitrogens with zero attached hydrogens (tertiary/aromatic N) is 1. The van der Waals surface area contributed by atoms with Crippen molar-refractivity contribution in [3.8, 4) is 0 Å². The van der Waals surface area contributed by atoms with Gasteiger partial charge in [-0.15, -0.1) is 4.40 Å². The van der Waals surface area contributed by atoms with Crippen molar-refractivity contribution < 1.29 is 8.42 Å². The molecule has 0 unspecified atom stereocenters. The molecule has 0 amide bonds. The summed E-state index contributed by atoms with van der Waals surface area (Å²) in [5.74, 6) is 0. The molecule has 0 N–H and O–H groups in total. The van der Waals surface area contributed by atoms with Gasteiger partial charge < -0.3 is 0 Å². The molecule has 0 saturated carbocycles. The summed E-state index contributed by atoms with van der Waals surface area (Å²) in [5, 5.41) is -0.0422. The van der Waals surface area contributed by atoms with Crippen LogP contribution in [0.25, 0.3) is 0 Å². The summed E-state index contributed by atoms with van der Waals surface area (Å²) >= 11 is 5.91. The third-order valence-electron chi connectivity index (χ3n) is 2.25. The van der Waals surface area contributed by atoms with Crippen LogP contribution in [0.1, 0.15) is 5.56 Å². The minimum absolute atomic E-state index is 0.0422. The Kier molecular flexibility index (Phi) is 3.79. The standard InChI is InChI=1S/C13H10ClNO2S/c14-13(11-7-3-1-4-8-11)15-18(16,17)12-9-5-2-6-10-12/h1-10H/b15-13+. The number of hydrogen-bond acceptors (Lipinski definition) is 2. The van der Waals surface area contributed by atoms with Crippen LogP contribution in [0.15, 0.2) is 70.0 Å². The van der Waals surface area contributed by atoms with Crippen molar-refractivity contribution in [2.75, 3.05) is 0 Å². The third-order valence-corrected chi connectivity index (χ3v) is 3.95. The highest BCUT2D eigenvalue weighted by Gasteiger charge is 2.13. The first-order chi connectivity index (χ1) is 8.59. The van der Waals surface area contributed by atoms with Gasteiger partial charge in [0.05, 0.1) is 4.90 Å². The Labute approximate surface area is 111 Å². The first-order valence-corrected chi connectivity index (χ1v) is 7.02. The lowest BCUT2D eigenvalue weighted by Gasteiger charge is -2.00. The fourth-order valence-electron chi connectivity index (χ4n) is 1.38. The van der Waals surface area contributed by atoms with Gasteiger partial charge in [-0.05, 0) is 12.1 Å². The molecule has 3 nitrogen and oxygen atoms in total. The topological polar surface area (TPSA) is 46.5 Å². The molecule has 0 atom stereocenters. The quantitative estimate of drug-likeness (QED) is 0.811. The summed E-state index contributed by atoms with van der Waals surface area (Å²) < 4.78 is 27.5. The maximum atomic E-state index is 11.9. The van der Waals surface area contributed by atoms with Crippen molar-refractivity contribution in [3.05, 3.63) is 66.2 Å². The molecule has 0 bridgehead atoms. The van der Waals surface area contributed by atoms with Gasteiger partial charge >= 0.3 is 0 Å². The molecule has 2 aromatic carbocycles. The van der Waals surface area contributed by atoms with Gasteiger partial charge in [0.15, 0.2) is 0 Å². The fourth-order valence-corrected chi connectivity index (χ4v) is 2.70. The van der Waals surface area contributed by atoms with E-state index in [1.165, 1.54) is 12.1 Å². The smallest absolute Gasteiger partial charge is 0.199 e. The van der Waals surface area contributed by atoms with Gasteiger partial charge in [0, 0.05) is 5.56 Å². The average molecular weight is 280 g/mol. The highest BCUT2D eigenvalue weighted by atomic mass is 35.5. The zero-order valence-corrected chi connectivity index (χ0v) is 10.9. The molecule has 92 valence electrons. The Hall–Kier alpha value is -1.65. The van der Waals surface area contributed by atoms with Crippen molar-refractivity contribution in [2.24, 2.45) is 4.40 Å². The van der Waals surface area contributed by atoms with Crippen LogP contribution in [0.4, 0.5) is 0 Å². The summed E-state index contributed by atoms with van der Waals surface area (Å²) in [6, 6.07) is 16.7. The van der Waals surface area contributed by atoms with Gasteiger partial charge in [-0.25, -0.2) is 0 Å². The normalized spacial score (nSPS) is 12.4. The van der Waals surface area contributed by atoms with Crippen LogP contribution in [0.3, 0.4) is 0 Å². The molecule has 2 aromatic rings. The van der Waals surface area contributed by atoms with E-state index in [4.69, 9.17) is 11.6 Å². The molecule has 5 heteroatoms. The molecule has 0 aliphatic heterocycles. The second kappa shape index (κ2) is 5.33. The molecular formula is C13H10ClNO2S. The molecule has 2 rings (SSSR count). The predicted octanol–water partition coefficient (Wildman–Crippen LogP) is 3.06. The molecule has 0 spiro atoms. The second-order valence-corrected chi connectivity index (χ2v) is 5.50. The molecule has 18 heavy (non-hydrogen) atoms. The largest absolute Gasteiger partial charge is 0.283 e. The zero-order chi connectivity index (χ0) is 13.0. The summed E-state index contributed by atoms with van der Waals surface area (Å²) in [7, 11) is -3.75. The molecule has 0 saturated heterocycles. The van der Waals surface area contributed by atoms with Crippen LogP contribution in [-0.2, 0) is 10.0 Å². The van der Waals surface area contributed by atoms with E-state index in [1.807, 2.05) is 6.07 Å². The Morgan fingerprint density at radius 3 is 1.94 bits per heavy atom. The average Bonchev–Trinajstić information content (AvgIpc) is 2.40. The van der Waals surface area contributed by atoms with Crippen molar-refractivity contribution in [3.63, 3.8) is 0 Å². The molecular weight excluding hydrogens is 270 g/mol. The SMILES string of the molecule is O=S(=O)(/N=C(/Cl)c1ccccc1)c1ccccc1. The van der Waals surface area contributed by atoms with Crippen LogP contribution in [-0.4, -0.2) is 13.6 Å². The van der Waals surface area contributed by atoms with E-state index in [2.05, 4.69) is 4.40 Å². The fraction of sp³-hybridized carbons (Fsp3) is 0. The van der Waals surface area contributed by atoms with E-state index in [9.17, 15) is 8.42 Å². The monoisotopic (exact) mass is 279 g/mol. The number of rotatable bonds is 3. The number of halogens is 1. The number of hydrogen-bond donors (Lipinski definition) is 0. The van der Waals surface area contributed by atoms with E-state index < -0.39 is 10.0 Å². The Balaban J connectivity index is 2.39. The van der Waals surface area contributed by atoms with Crippen LogP contribution in [0.5, 0.6) is 0 Å². The van der Waals surface area contributed by atoms with Crippen molar-refractivity contribution >= 4 is 26.8 Å². The lowest BCUT2D eigenvalue weighted by atomic mass is 10.2. The van der Waals surface area contributed by atoms with E-state index in [0.29, 0.717) is 5.56 Å². The van der Waals surface area contributed by atoms with Gasteiger partial charge in [-0.2, -0.15) is 8.42 Å². The van der Waals surface area contributed by atoms with Crippen LogP contribution < -0.4 is 0 Å². The first-order valence-electron chi connectivity index (χ1n) is 5.20. The molecule has 0 radical (unpaired) electrons. The van der Waals surface area contributed by atoms with Gasteiger partial charge in [-0.3, -0.25) is 0 Å². The maximum absolute atomic E-state index is 11.9. The predicted molar refractivity (Wildman–Crippen MR) is 72.5 cm³/mol. The van der Waals surface area contributed by atoms with Crippen molar-refractivity contribution in [2.45, 2.75) is 4.90 Å². The summed E-state index contributed by atoms with van der Waals surface area (Å²) in [6.07, 6.45) is 0. The van der Waals surface area contributed by atoms with E-state index >= 15 is 0 Å². The van der Waals surface area contributed by atoms with Gasteiger partial charge in [-0.1, -0.05) is 60.1 Å². The highest BCUT2D eigenvalue weighted by Crippen LogP contribution is 2.14. The lowest BCUT2D eigenvalue weighted by molar-refractivity contribution is 0.598. The Bertz CT molecular complexity index is 652. The number of sulfonamides is 1. The summed E-state index contributed by atoms with van der Waals surface area (Å²) in [5.41, 5.74) is 0.568. The van der Waals surface area contributed by atoms with Crippen molar-refractivity contribution in [1.82, 2.24) is 0 Å². The van der Waals surface area contributed by atoms with Crippen molar-refractivity contribution in [1.29, 1.82) is 0 Å². The minimum atomic E-state index is -3.75. The van der Waals surface area contributed by atoms with Crippen LogP contribution in [0, 0.1) is 0 Å². The molecule has 0 fully saturated rings. The third kappa shape index (κ3) is 2.97. The molecule has 0 aliphatic carbocycles. The van der Waals surface area contributed by atoms with Gasteiger partial charge in [0.1, 0.15) is 5.17 Å². The molecule has 0 aromatic heterocycles. The number of benzene rings is 2. The lowest BCUT2D eigenvalue weighted by Crippen LogP contribution is -2.01. The summed E-state index contributed by atoms with van der Waals surface area (Å²) in [4.78, 5) is 0.124. The van der Waals surface area contributed by atoms with E-state index in [1.54, 1.807) is 42.5 Å². The van der Waals surface area contributed by atoms with E-state index in [-0.39, 0.29) is 10.1 Å².